The fraction of sp³-hybridized carbons (Fsp3) is 0.375. The standard InChI is InChI=1S/C16H18N4O/c1-12-9-18-10-15(19-12)14-3-2-8-20(11-14)16(21)13-4-6-17-7-5-13/h4-7,9-10,14H,2-3,8,11H2,1H3. The van der Waals surface area contributed by atoms with Crippen molar-refractivity contribution in [2.24, 2.45) is 0 Å². The lowest BCUT2D eigenvalue weighted by Gasteiger charge is -2.32. The third-order valence-corrected chi connectivity index (χ3v) is 3.83. The topological polar surface area (TPSA) is 59.0 Å². The van der Waals surface area contributed by atoms with Crippen molar-refractivity contribution in [3.63, 3.8) is 0 Å². The van der Waals surface area contributed by atoms with Crippen LogP contribution in [0.5, 0.6) is 0 Å². The predicted octanol–water partition coefficient (Wildman–Crippen LogP) is 2.20. The molecule has 3 rings (SSSR count). The second-order valence-electron chi connectivity index (χ2n) is 5.41. The maximum absolute atomic E-state index is 12.5. The van der Waals surface area contributed by atoms with Gasteiger partial charge in [0.25, 0.3) is 5.91 Å². The highest BCUT2D eigenvalue weighted by molar-refractivity contribution is 5.94. The van der Waals surface area contributed by atoms with Crippen molar-refractivity contribution < 1.29 is 4.79 Å². The number of nitrogens with zero attached hydrogens (tertiary/aromatic N) is 4. The number of likely N-dealkylation sites (tertiary alicyclic amines) is 1. The molecule has 1 atom stereocenters. The summed E-state index contributed by atoms with van der Waals surface area (Å²) >= 11 is 0. The number of carbonyl (C=O) groups is 1. The van der Waals surface area contributed by atoms with Gasteiger partial charge in [-0.1, -0.05) is 0 Å². The molecule has 5 nitrogen and oxygen atoms in total. The summed E-state index contributed by atoms with van der Waals surface area (Å²) < 4.78 is 0. The Morgan fingerprint density at radius 2 is 2.05 bits per heavy atom. The molecule has 0 aromatic carbocycles. The Morgan fingerprint density at radius 1 is 1.24 bits per heavy atom. The normalized spacial score (nSPS) is 18.5. The monoisotopic (exact) mass is 282 g/mol. The summed E-state index contributed by atoms with van der Waals surface area (Å²) in [7, 11) is 0. The minimum Gasteiger partial charge on any atom is -0.338 e. The van der Waals surface area contributed by atoms with Gasteiger partial charge < -0.3 is 4.90 Å². The Morgan fingerprint density at radius 3 is 2.81 bits per heavy atom. The van der Waals surface area contributed by atoms with E-state index in [2.05, 4.69) is 15.0 Å². The van der Waals surface area contributed by atoms with Gasteiger partial charge in [0.15, 0.2) is 0 Å². The van der Waals surface area contributed by atoms with E-state index in [0.717, 1.165) is 30.8 Å². The second kappa shape index (κ2) is 5.99. The van der Waals surface area contributed by atoms with Crippen molar-refractivity contribution >= 4 is 5.91 Å². The van der Waals surface area contributed by atoms with Gasteiger partial charge in [-0.2, -0.15) is 0 Å². The van der Waals surface area contributed by atoms with E-state index >= 15 is 0 Å². The Kier molecular flexibility index (Phi) is 3.90. The molecule has 1 aliphatic rings. The summed E-state index contributed by atoms with van der Waals surface area (Å²) in [5, 5.41) is 0. The van der Waals surface area contributed by atoms with Gasteiger partial charge in [-0.25, -0.2) is 0 Å². The lowest BCUT2D eigenvalue weighted by molar-refractivity contribution is 0.0705. The van der Waals surface area contributed by atoms with Gasteiger partial charge in [0.05, 0.1) is 11.4 Å². The van der Waals surface area contributed by atoms with Crippen molar-refractivity contribution in [3.05, 3.63) is 53.9 Å². The van der Waals surface area contributed by atoms with Crippen LogP contribution in [0.2, 0.25) is 0 Å². The SMILES string of the molecule is Cc1cncc(C2CCCN(C(=O)c3ccncc3)C2)n1. The smallest absolute Gasteiger partial charge is 0.253 e. The molecule has 0 radical (unpaired) electrons. The predicted molar refractivity (Wildman–Crippen MR) is 78.9 cm³/mol. The number of amides is 1. The molecule has 0 aliphatic carbocycles. The summed E-state index contributed by atoms with van der Waals surface area (Å²) in [4.78, 5) is 27.1. The first kappa shape index (κ1) is 13.7. The Labute approximate surface area is 124 Å². The maximum atomic E-state index is 12.5. The van der Waals surface area contributed by atoms with E-state index in [1.807, 2.05) is 18.0 Å². The van der Waals surface area contributed by atoms with Gasteiger partial charge in [0.2, 0.25) is 0 Å². The average molecular weight is 282 g/mol. The zero-order valence-electron chi connectivity index (χ0n) is 12.1. The molecule has 21 heavy (non-hydrogen) atoms. The molecule has 1 saturated heterocycles. The lowest BCUT2D eigenvalue weighted by atomic mass is 9.94. The van der Waals surface area contributed by atoms with Gasteiger partial charge in [-0.05, 0) is 31.9 Å². The molecular formula is C16H18N4O. The van der Waals surface area contributed by atoms with Crippen LogP contribution in [0, 0.1) is 6.92 Å². The number of carbonyl (C=O) groups excluding carboxylic acids is 1. The van der Waals surface area contributed by atoms with E-state index < -0.39 is 0 Å². The Hall–Kier alpha value is -2.30. The fourth-order valence-electron chi connectivity index (χ4n) is 2.76. The maximum Gasteiger partial charge on any atom is 0.253 e. The Balaban J connectivity index is 1.75. The molecule has 5 heteroatoms. The molecule has 1 unspecified atom stereocenters. The zero-order chi connectivity index (χ0) is 14.7. The molecule has 2 aromatic heterocycles. The van der Waals surface area contributed by atoms with E-state index in [4.69, 9.17) is 0 Å². The molecule has 0 N–H and O–H groups in total. The summed E-state index contributed by atoms with van der Waals surface area (Å²) in [5.41, 5.74) is 2.60. The molecular weight excluding hydrogens is 264 g/mol. The van der Waals surface area contributed by atoms with Crippen molar-refractivity contribution in [1.29, 1.82) is 0 Å². The summed E-state index contributed by atoms with van der Waals surface area (Å²) in [6.07, 6.45) is 8.93. The Bertz CT molecular complexity index is 629. The van der Waals surface area contributed by atoms with Gasteiger partial charge in [0, 0.05) is 49.4 Å². The van der Waals surface area contributed by atoms with Crippen LogP contribution in [0.25, 0.3) is 0 Å². The van der Waals surface area contributed by atoms with Crippen molar-refractivity contribution in [1.82, 2.24) is 19.9 Å². The van der Waals surface area contributed by atoms with Crippen LogP contribution in [0.1, 0.15) is 40.5 Å². The molecule has 1 fully saturated rings. The lowest BCUT2D eigenvalue weighted by Crippen LogP contribution is -2.39. The molecule has 1 amide bonds. The number of hydrogen-bond donors (Lipinski definition) is 0. The van der Waals surface area contributed by atoms with E-state index in [1.165, 1.54) is 0 Å². The van der Waals surface area contributed by atoms with E-state index in [9.17, 15) is 4.79 Å². The van der Waals surface area contributed by atoms with Gasteiger partial charge in [-0.3, -0.25) is 19.7 Å². The number of hydrogen-bond acceptors (Lipinski definition) is 4. The minimum absolute atomic E-state index is 0.0720. The molecule has 1 aliphatic heterocycles. The first-order valence-corrected chi connectivity index (χ1v) is 7.22. The first-order valence-electron chi connectivity index (χ1n) is 7.22. The highest BCUT2D eigenvalue weighted by Crippen LogP contribution is 2.26. The van der Waals surface area contributed by atoms with E-state index in [1.54, 1.807) is 30.7 Å². The number of rotatable bonds is 2. The van der Waals surface area contributed by atoms with Crippen LogP contribution < -0.4 is 0 Å². The number of aryl methyl sites for hydroxylation is 1. The molecule has 0 bridgehead atoms. The summed E-state index contributed by atoms with van der Waals surface area (Å²) in [6, 6.07) is 3.52. The molecule has 0 saturated carbocycles. The highest BCUT2D eigenvalue weighted by Gasteiger charge is 2.26. The van der Waals surface area contributed by atoms with Crippen LogP contribution in [0.3, 0.4) is 0 Å². The van der Waals surface area contributed by atoms with Crippen LogP contribution in [-0.4, -0.2) is 38.8 Å². The van der Waals surface area contributed by atoms with Gasteiger partial charge in [-0.15, -0.1) is 0 Å². The molecule has 0 spiro atoms. The van der Waals surface area contributed by atoms with Crippen molar-refractivity contribution in [3.8, 4) is 0 Å². The van der Waals surface area contributed by atoms with Crippen molar-refractivity contribution in [2.45, 2.75) is 25.7 Å². The van der Waals surface area contributed by atoms with Crippen molar-refractivity contribution in [2.75, 3.05) is 13.1 Å². The number of pyridine rings is 1. The molecule has 3 heterocycles. The highest BCUT2D eigenvalue weighted by atomic mass is 16.2. The quantitative estimate of drug-likeness (QED) is 0.847. The number of aromatic nitrogens is 3. The van der Waals surface area contributed by atoms with Gasteiger partial charge >= 0.3 is 0 Å². The van der Waals surface area contributed by atoms with E-state index in [-0.39, 0.29) is 11.8 Å². The largest absolute Gasteiger partial charge is 0.338 e. The van der Waals surface area contributed by atoms with Gasteiger partial charge in [0.1, 0.15) is 0 Å². The molecule has 2 aromatic rings. The summed E-state index contributed by atoms with van der Waals surface area (Å²) in [6.45, 7) is 3.45. The van der Waals surface area contributed by atoms with Crippen LogP contribution in [0.4, 0.5) is 0 Å². The van der Waals surface area contributed by atoms with Crippen LogP contribution >= 0.6 is 0 Å². The average Bonchev–Trinajstić information content (AvgIpc) is 2.55. The van der Waals surface area contributed by atoms with E-state index in [0.29, 0.717) is 12.1 Å². The molecule has 108 valence electrons. The number of piperidine rings is 1. The summed E-state index contributed by atoms with van der Waals surface area (Å²) in [5.74, 6) is 0.347. The third-order valence-electron chi connectivity index (χ3n) is 3.83. The van der Waals surface area contributed by atoms with Crippen LogP contribution in [-0.2, 0) is 0 Å². The first-order chi connectivity index (χ1) is 10.2. The fourth-order valence-corrected chi connectivity index (χ4v) is 2.76. The van der Waals surface area contributed by atoms with Crippen LogP contribution in [0.15, 0.2) is 36.9 Å². The second-order valence-corrected chi connectivity index (χ2v) is 5.41. The zero-order valence-corrected chi connectivity index (χ0v) is 12.1. The third kappa shape index (κ3) is 3.07. The minimum atomic E-state index is 0.0720.